The van der Waals surface area contributed by atoms with Gasteiger partial charge in [-0.3, -0.25) is 0 Å². The Hall–Kier alpha value is -3.61. The smallest absolute Gasteiger partial charge is 0.321 e. The second-order valence-electron chi connectivity index (χ2n) is 8.01. The molecule has 0 aliphatic carbocycles. The molecule has 1 aliphatic rings. The van der Waals surface area contributed by atoms with Gasteiger partial charge in [-0.05, 0) is 80.4 Å². The van der Waals surface area contributed by atoms with Gasteiger partial charge in [-0.1, -0.05) is 6.07 Å². The Morgan fingerprint density at radius 2 is 1.62 bits per heavy atom. The zero-order valence-electron chi connectivity index (χ0n) is 18.8. The average molecular weight is 432 g/mol. The molecule has 0 saturated carbocycles. The van der Waals surface area contributed by atoms with E-state index in [0.717, 1.165) is 52.7 Å². The van der Waals surface area contributed by atoms with E-state index in [1.54, 1.807) is 0 Å². The first-order valence-electron chi connectivity index (χ1n) is 11.0. The molecule has 7 heteroatoms. The Morgan fingerprint density at radius 3 is 2.22 bits per heavy atom. The van der Waals surface area contributed by atoms with E-state index in [-0.39, 0.29) is 6.03 Å². The maximum Gasteiger partial charge on any atom is 0.321 e. The number of aryl methyl sites for hydroxylation is 2. The van der Waals surface area contributed by atoms with Crippen LogP contribution in [0, 0.1) is 13.8 Å². The van der Waals surface area contributed by atoms with E-state index in [0.29, 0.717) is 19.7 Å². The molecule has 166 valence electrons. The molecule has 2 amide bonds. The highest BCUT2D eigenvalue weighted by molar-refractivity contribution is 5.89. The van der Waals surface area contributed by atoms with Crippen LogP contribution in [0.15, 0.2) is 54.6 Å². The molecule has 0 spiro atoms. The monoisotopic (exact) mass is 431 g/mol. The number of urea groups is 1. The molecular formula is C25H29N5O2. The number of nitrogens with zero attached hydrogens (tertiary/aromatic N) is 4. The minimum absolute atomic E-state index is 0.0634. The number of nitrogens with one attached hydrogen (secondary N) is 1. The summed E-state index contributed by atoms with van der Waals surface area (Å²) >= 11 is 0. The number of rotatable bonds is 5. The maximum absolute atomic E-state index is 12.7. The fraction of sp³-hybridized carbons (Fsp3) is 0.320. The van der Waals surface area contributed by atoms with Crippen LogP contribution in [0.4, 0.5) is 16.3 Å². The van der Waals surface area contributed by atoms with Crippen LogP contribution in [0.2, 0.25) is 0 Å². The van der Waals surface area contributed by atoms with Crippen molar-refractivity contribution in [1.29, 1.82) is 0 Å². The third-order valence-electron chi connectivity index (χ3n) is 5.48. The molecule has 1 N–H and O–H groups in total. The van der Waals surface area contributed by atoms with Gasteiger partial charge in [-0.2, -0.15) is 0 Å². The van der Waals surface area contributed by atoms with Gasteiger partial charge in [-0.25, -0.2) is 4.79 Å². The quantitative estimate of drug-likeness (QED) is 0.643. The lowest BCUT2D eigenvalue weighted by molar-refractivity contribution is 0.208. The second kappa shape index (κ2) is 9.68. The Bertz CT molecular complexity index is 1040. The van der Waals surface area contributed by atoms with Crippen LogP contribution >= 0.6 is 0 Å². The SMILES string of the molecule is CCOc1ccc(-c2ccc(N3CCN(C(=O)Nc4cc(C)cc(C)c4)CC3)nn2)cc1. The summed E-state index contributed by atoms with van der Waals surface area (Å²) in [5.74, 6) is 1.68. The molecule has 0 atom stereocenters. The maximum atomic E-state index is 12.7. The zero-order chi connectivity index (χ0) is 22.5. The minimum Gasteiger partial charge on any atom is -0.494 e. The molecule has 0 radical (unpaired) electrons. The predicted molar refractivity (Wildman–Crippen MR) is 127 cm³/mol. The van der Waals surface area contributed by atoms with Gasteiger partial charge >= 0.3 is 6.03 Å². The summed E-state index contributed by atoms with van der Waals surface area (Å²) in [6, 6.07) is 17.8. The highest BCUT2D eigenvalue weighted by atomic mass is 16.5. The normalized spacial score (nSPS) is 13.7. The van der Waals surface area contributed by atoms with Gasteiger partial charge in [0.1, 0.15) is 5.75 Å². The Morgan fingerprint density at radius 1 is 0.938 bits per heavy atom. The number of aromatic nitrogens is 2. The van der Waals surface area contributed by atoms with Crippen molar-refractivity contribution in [3.63, 3.8) is 0 Å². The van der Waals surface area contributed by atoms with E-state index in [1.807, 2.05) is 74.2 Å². The third-order valence-corrected chi connectivity index (χ3v) is 5.48. The molecule has 32 heavy (non-hydrogen) atoms. The molecule has 0 unspecified atom stereocenters. The van der Waals surface area contributed by atoms with E-state index in [9.17, 15) is 4.79 Å². The predicted octanol–water partition coefficient (Wildman–Crippen LogP) is 4.51. The number of hydrogen-bond acceptors (Lipinski definition) is 5. The number of anilines is 2. The molecule has 2 heterocycles. The fourth-order valence-corrected chi connectivity index (χ4v) is 3.92. The highest BCUT2D eigenvalue weighted by Gasteiger charge is 2.22. The summed E-state index contributed by atoms with van der Waals surface area (Å²) in [4.78, 5) is 16.7. The zero-order valence-corrected chi connectivity index (χ0v) is 18.8. The molecule has 2 aromatic carbocycles. The Kier molecular flexibility index (Phi) is 6.54. The molecule has 7 nitrogen and oxygen atoms in total. The van der Waals surface area contributed by atoms with E-state index in [2.05, 4.69) is 26.5 Å². The van der Waals surface area contributed by atoms with Crippen molar-refractivity contribution in [2.75, 3.05) is 43.0 Å². The van der Waals surface area contributed by atoms with Gasteiger partial charge < -0.3 is 19.9 Å². The summed E-state index contributed by atoms with van der Waals surface area (Å²) in [6.45, 7) is 9.39. The first-order chi connectivity index (χ1) is 15.5. The summed E-state index contributed by atoms with van der Waals surface area (Å²) in [6.07, 6.45) is 0. The first-order valence-corrected chi connectivity index (χ1v) is 11.0. The molecule has 1 fully saturated rings. The molecule has 0 bridgehead atoms. The lowest BCUT2D eigenvalue weighted by Gasteiger charge is -2.35. The van der Waals surface area contributed by atoms with Gasteiger partial charge in [0, 0.05) is 37.4 Å². The largest absolute Gasteiger partial charge is 0.494 e. The number of carbonyl (C=O) groups excluding carboxylic acids is 1. The Labute approximate surface area is 189 Å². The number of hydrogen-bond donors (Lipinski definition) is 1. The number of piperazine rings is 1. The number of carbonyl (C=O) groups is 1. The lowest BCUT2D eigenvalue weighted by Crippen LogP contribution is -2.50. The van der Waals surface area contributed by atoms with Crippen LogP contribution < -0.4 is 15.0 Å². The van der Waals surface area contributed by atoms with Gasteiger partial charge in [0.15, 0.2) is 5.82 Å². The van der Waals surface area contributed by atoms with Crippen LogP contribution in [0.25, 0.3) is 11.3 Å². The van der Waals surface area contributed by atoms with Gasteiger partial charge in [0.25, 0.3) is 0 Å². The van der Waals surface area contributed by atoms with Crippen molar-refractivity contribution in [1.82, 2.24) is 15.1 Å². The average Bonchev–Trinajstić information content (AvgIpc) is 2.79. The van der Waals surface area contributed by atoms with Crippen molar-refractivity contribution in [3.05, 3.63) is 65.7 Å². The number of amides is 2. The first kappa shape index (κ1) is 21.6. The van der Waals surface area contributed by atoms with E-state index < -0.39 is 0 Å². The molecule has 1 aromatic heterocycles. The van der Waals surface area contributed by atoms with Crippen LogP contribution in [0.1, 0.15) is 18.1 Å². The van der Waals surface area contributed by atoms with Gasteiger partial charge in [-0.15, -0.1) is 10.2 Å². The summed E-state index contributed by atoms with van der Waals surface area (Å²) in [7, 11) is 0. The molecule has 4 rings (SSSR count). The minimum atomic E-state index is -0.0634. The molecule has 3 aromatic rings. The van der Waals surface area contributed by atoms with Crippen molar-refractivity contribution in [2.24, 2.45) is 0 Å². The molecule has 1 saturated heterocycles. The topological polar surface area (TPSA) is 70.6 Å². The van der Waals surface area contributed by atoms with E-state index in [1.165, 1.54) is 0 Å². The van der Waals surface area contributed by atoms with Crippen molar-refractivity contribution in [3.8, 4) is 17.0 Å². The summed E-state index contributed by atoms with van der Waals surface area (Å²) in [5, 5.41) is 11.8. The van der Waals surface area contributed by atoms with Crippen molar-refractivity contribution >= 4 is 17.5 Å². The van der Waals surface area contributed by atoms with Crippen molar-refractivity contribution in [2.45, 2.75) is 20.8 Å². The fourth-order valence-electron chi connectivity index (χ4n) is 3.92. The molecule has 1 aliphatic heterocycles. The van der Waals surface area contributed by atoms with Crippen LogP contribution in [0.5, 0.6) is 5.75 Å². The van der Waals surface area contributed by atoms with Crippen LogP contribution in [-0.4, -0.2) is 53.9 Å². The van der Waals surface area contributed by atoms with Gasteiger partial charge in [0.05, 0.1) is 12.3 Å². The molecular weight excluding hydrogens is 402 g/mol. The summed E-state index contributed by atoms with van der Waals surface area (Å²) < 4.78 is 5.49. The summed E-state index contributed by atoms with van der Waals surface area (Å²) in [5.41, 5.74) is 4.93. The number of benzene rings is 2. The second-order valence-corrected chi connectivity index (χ2v) is 8.01. The highest BCUT2D eigenvalue weighted by Crippen LogP contribution is 2.22. The van der Waals surface area contributed by atoms with Crippen LogP contribution in [-0.2, 0) is 0 Å². The van der Waals surface area contributed by atoms with Crippen molar-refractivity contribution < 1.29 is 9.53 Å². The van der Waals surface area contributed by atoms with E-state index >= 15 is 0 Å². The standard InChI is InChI=1S/C25H29N5O2/c1-4-32-22-7-5-20(6-8-22)23-9-10-24(28-27-23)29-11-13-30(14-12-29)25(31)26-21-16-18(2)15-19(3)17-21/h5-10,15-17H,4,11-14H2,1-3H3,(H,26,31). The van der Waals surface area contributed by atoms with E-state index in [4.69, 9.17) is 4.74 Å². The third kappa shape index (κ3) is 5.17. The van der Waals surface area contributed by atoms with Gasteiger partial charge in [0.2, 0.25) is 0 Å². The van der Waals surface area contributed by atoms with Crippen LogP contribution in [0.3, 0.4) is 0 Å². The lowest BCUT2D eigenvalue weighted by atomic mass is 10.1. The number of ether oxygens (including phenoxy) is 1. The Balaban J connectivity index is 1.33.